The van der Waals surface area contributed by atoms with Crippen LogP contribution in [0, 0.1) is 10.1 Å². The molecule has 2 heterocycles. The van der Waals surface area contributed by atoms with Gasteiger partial charge >= 0.3 is 0 Å². The van der Waals surface area contributed by atoms with E-state index >= 15 is 0 Å². The molecule has 0 N–H and O–H groups in total. The maximum Gasteiger partial charge on any atom is 0.273 e. The third-order valence-electron chi connectivity index (χ3n) is 2.01. The number of nitrogens with zero attached hydrogens (tertiary/aromatic N) is 1. The zero-order valence-corrected chi connectivity index (χ0v) is 8.78. The summed E-state index contributed by atoms with van der Waals surface area (Å²) in [6.45, 7) is 0. The number of nitro groups is 1. The monoisotopic (exact) mass is 231 g/mol. The van der Waals surface area contributed by atoms with Crippen molar-refractivity contribution in [2.75, 3.05) is 0 Å². The van der Waals surface area contributed by atoms with Crippen molar-refractivity contribution in [2.24, 2.45) is 0 Å². The molecule has 0 aromatic carbocycles. The van der Waals surface area contributed by atoms with E-state index in [9.17, 15) is 10.1 Å². The molecule has 2 rings (SSSR count). The molecule has 86 valence electrons. The van der Waals surface area contributed by atoms with E-state index in [1.54, 1.807) is 24.3 Å². The van der Waals surface area contributed by atoms with E-state index < -0.39 is 4.92 Å². The second-order valence-electron chi connectivity index (χ2n) is 3.19. The van der Waals surface area contributed by atoms with E-state index in [4.69, 9.17) is 8.83 Å². The Labute approximate surface area is 96.8 Å². The lowest BCUT2D eigenvalue weighted by molar-refractivity contribution is -0.417. The van der Waals surface area contributed by atoms with Crippen LogP contribution < -0.4 is 0 Å². The maximum atomic E-state index is 10.8. The lowest BCUT2D eigenvalue weighted by Gasteiger charge is -1.90. The quantitative estimate of drug-likeness (QED) is 0.460. The summed E-state index contributed by atoms with van der Waals surface area (Å²) < 4.78 is 10.1. The lowest BCUT2D eigenvalue weighted by Crippen LogP contribution is -1.94. The molecule has 2 aromatic heterocycles. The summed E-state index contributed by atoms with van der Waals surface area (Å²) in [6, 6.07) is 6.73. The second-order valence-corrected chi connectivity index (χ2v) is 3.19. The van der Waals surface area contributed by atoms with Crippen LogP contribution in [0.1, 0.15) is 11.5 Å². The van der Waals surface area contributed by atoms with Crippen molar-refractivity contribution in [2.45, 2.75) is 0 Å². The molecule has 0 spiro atoms. The normalized spacial score (nSPS) is 12.1. The predicted octanol–water partition coefficient (Wildman–Crippen LogP) is 3.20. The minimum absolute atomic E-state index is 0.0728. The van der Waals surface area contributed by atoms with Crippen LogP contribution >= 0.6 is 0 Å². The molecule has 0 atom stereocenters. The highest BCUT2D eigenvalue weighted by atomic mass is 16.6. The smallest absolute Gasteiger partial charge is 0.273 e. The van der Waals surface area contributed by atoms with Crippen molar-refractivity contribution in [3.05, 3.63) is 70.2 Å². The van der Waals surface area contributed by atoms with Gasteiger partial charge in [0.1, 0.15) is 11.5 Å². The fourth-order valence-electron chi connectivity index (χ4n) is 1.23. The van der Waals surface area contributed by atoms with Gasteiger partial charge in [-0.05, 0) is 30.3 Å². The lowest BCUT2D eigenvalue weighted by atomic mass is 10.3. The van der Waals surface area contributed by atoms with Crippen molar-refractivity contribution in [3.8, 4) is 0 Å². The van der Waals surface area contributed by atoms with Crippen LogP contribution in [0.5, 0.6) is 0 Å². The molecule has 0 aliphatic carbocycles. The molecule has 0 amide bonds. The summed E-state index contributed by atoms with van der Waals surface area (Å²) in [6.07, 6.45) is 7.19. The summed E-state index contributed by atoms with van der Waals surface area (Å²) in [7, 11) is 0. The average Bonchev–Trinajstić information content (AvgIpc) is 2.97. The van der Waals surface area contributed by atoms with Crippen molar-refractivity contribution in [3.63, 3.8) is 0 Å². The van der Waals surface area contributed by atoms with Gasteiger partial charge in [0, 0.05) is 6.08 Å². The zero-order valence-electron chi connectivity index (χ0n) is 8.78. The third-order valence-corrected chi connectivity index (χ3v) is 2.01. The van der Waals surface area contributed by atoms with Crippen molar-refractivity contribution < 1.29 is 13.8 Å². The summed E-state index contributed by atoms with van der Waals surface area (Å²) in [5, 5.41) is 10.8. The SMILES string of the molecule is O=[N+]([O-])C(/C=C/c1ccco1)=C/c1ccco1. The molecule has 0 aliphatic rings. The van der Waals surface area contributed by atoms with Gasteiger partial charge in [0.05, 0.1) is 23.5 Å². The highest BCUT2D eigenvalue weighted by Crippen LogP contribution is 2.11. The Morgan fingerprint density at radius 1 is 1.18 bits per heavy atom. The van der Waals surface area contributed by atoms with Crippen LogP contribution in [0.3, 0.4) is 0 Å². The standard InChI is InChI=1S/C12H9NO4/c14-13(15)10(9-12-4-2-8-17-12)5-6-11-3-1-7-16-11/h1-9H/b6-5+,10-9+. The molecule has 5 nitrogen and oxygen atoms in total. The number of hydrogen-bond acceptors (Lipinski definition) is 4. The minimum Gasteiger partial charge on any atom is -0.465 e. The summed E-state index contributed by atoms with van der Waals surface area (Å²) in [5.74, 6) is 0.984. The van der Waals surface area contributed by atoms with E-state index in [-0.39, 0.29) is 5.70 Å². The Balaban J connectivity index is 2.22. The van der Waals surface area contributed by atoms with Crippen LogP contribution in [-0.2, 0) is 0 Å². The Morgan fingerprint density at radius 3 is 2.35 bits per heavy atom. The Morgan fingerprint density at radius 2 is 1.82 bits per heavy atom. The first kappa shape index (κ1) is 10.9. The first-order chi connectivity index (χ1) is 8.25. The molecule has 0 unspecified atom stereocenters. The van der Waals surface area contributed by atoms with E-state index in [1.165, 1.54) is 30.8 Å². The number of allylic oxidation sites excluding steroid dienone is 1. The van der Waals surface area contributed by atoms with E-state index in [1.807, 2.05) is 0 Å². The van der Waals surface area contributed by atoms with E-state index in [0.29, 0.717) is 11.5 Å². The largest absolute Gasteiger partial charge is 0.465 e. The van der Waals surface area contributed by atoms with Crippen LogP contribution in [0.15, 0.2) is 57.4 Å². The Bertz CT molecular complexity index is 535. The van der Waals surface area contributed by atoms with Gasteiger partial charge in [0.25, 0.3) is 5.70 Å². The van der Waals surface area contributed by atoms with Crippen LogP contribution in [0.2, 0.25) is 0 Å². The molecule has 17 heavy (non-hydrogen) atoms. The average molecular weight is 231 g/mol. The van der Waals surface area contributed by atoms with Gasteiger partial charge in [-0.15, -0.1) is 0 Å². The molecule has 0 fully saturated rings. The van der Waals surface area contributed by atoms with E-state index in [0.717, 1.165) is 0 Å². The molecular weight excluding hydrogens is 222 g/mol. The topological polar surface area (TPSA) is 69.4 Å². The van der Waals surface area contributed by atoms with Gasteiger partial charge < -0.3 is 8.83 Å². The highest BCUT2D eigenvalue weighted by molar-refractivity contribution is 5.54. The maximum absolute atomic E-state index is 10.8. The van der Waals surface area contributed by atoms with Crippen LogP contribution in [0.25, 0.3) is 12.2 Å². The molecule has 0 aliphatic heterocycles. The Hall–Kier alpha value is -2.56. The first-order valence-corrected chi connectivity index (χ1v) is 4.87. The predicted molar refractivity (Wildman–Crippen MR) is 61.4 cm³/mol. The van der Waals surface area contributed by atoms with E-state index in [2.05, 4.69) is 0 Å². The van der Waals surface area contributed by atoms with Crippen molar-refractivity contribution in [1.82, 2.24) is 0 Å². The zero-order chi connectivity index (χ0) is 12.1. The van der Waals surface area contributed by atoms with Gasteiger partial charge in [-0.25, -0.2) is 0 Å². The molecule has 2 aromatic rings. The fourth-order valence-corrected chi connectivity index (χ4v) is 1.23. The van der Waals surface area contributed by atoms with Crippen LogP contribution in [-0.4, -0.2) is 4.92 Å². The Kier molecular flexibility index (Phi) is 3.20. The molecular formula is C12H9NO4. The number of furan rings is 2. The number of rotatable bonds is 4. The fraction of sp³-hybridized carbons (Fsp3) is 0. The van der Waals surface area contributed by atoms with Crippen molar-refractivity contribution >= 4 is 12.2 Å². The molecule has 0 saturated heterocycles. The second kappa shape index (κ2) is 4.98. The molecule has 5 heteroatoms. The van der Waals surface area contributed by atoms with Crippen LogP contribution in [0.4, 0.5) is 0 Å². The summed E-state index contributed by atoms with van der Waals surface area (Å²) in [5.41, 5.74) is -0.0728. The third kappa shape index (κ3) is 2.94. The first-order valence-electron chi connectivity index (χ1n) is 4.87. The van der Waals surface area contributed by atoms with Gasteiger partial charge in [0.15, 0.2) is 0 Å². The highest BCUT2D eigenvalue weighted by Gasteiger charge is 2.07. The van der Waals surface area contributed by atoms with Gasteiger partial charge in [-0.1, -0.05) is 0 Å². The molecule has 0 radical (unpaired) electrons. The number of hydrogen-bond donors (Lipinski definition) is 0. The minimum atomic E-state index is -0.484. The molecule has 0 bridgehead atoms. The van der Waals surface area contributed by atoms with Gasteiger partial charge in [-0.2, -0.15) is 0 Å². The summed E-state index contributed by atoms with van der Waals surface area (Å²) in [4.78, 5) is 10.3. The van der Waals surface area contributed by atoms with Gasteiger partial charge in [0.2, 0.25) is 0 Å². The molecule has 0 saturated carbocycles. The summed E-state index contributed by atoms with van der Waals surface area (Å²) >= 11 is 0. The van der Waals surface area contributed by atoms with Crippen molar-refractivity contribution in [1.29, 1.82) is 0 Å². The van der Waals surface area contributed by atoms with Gasteiger partial charge in [-0.3, -0.25) is 10.1 Å².